The zero-order valence-electron chi connectivity index (χ0n) is 14.9. The molecule has 134 valence electrons. The summed E-state index contributed by atoms with van der Waals surface area (Å²) < 4.78 is 7.56. The van der Waals surface area contributed by atoms with Crippen molar-refractivity contribution in [2.24, 2.45) is 0 Å². The van der Waals surface area contributed by atoms with E-state index in [1.165, 1.54) is 27.6 Å². The van der Waals surface area contributed by atoms with E-state index in [0.29, 0.717) is 12.8 Å². The maximum absolute atomic E-state index is 11.5. The van der Waals surface area contributed by atoms with Crippen LogP contribution in [-0.2, 0) is 16.1 Å². The van der Waals surface area contributed by atoms with Crippen molar-refractivity contribution in [1.82, 2.24) is 4.57 Å². The van der Waals surface area contributed by atoms with E-state index in [4.69, 9.17) is 4.74 Å². The third-order valence-corrected chi connectivity index (χ3v) is 5.25. The largest absolute Gasteiger partial charge is 0.462 e. The van der Waals surface area contributed by atoms with Crippen molar-refractivity contribution >= 4 is 16.7 Å². The highest BCUT2D eigenvalue weighted by atomic mass is 16.5. The molecular formula is C22H23NO3. The molecule has 0 saturated carbocycles. The molecule has 26 heavy (non-hydrogen) atoms. The van der Waals surface area contributed by atoms with Crippen LogP contribution in [0.2, 0.25) is 0 Å². The Morgan fingerprint density at radius 1 is 1.12 bits per heavy atom. The van der Waals surface area contributed by atoms with Crippen LogP contribution in [0.3, 0.4) is 0 Å². The quantitative estimate of drug-likeness (QED) is 0.722. The van der Waals surface area contributed by atoms with Gasteiger partial charge in [-0.3, -0.25) is 4.79 Å². The average Bonchev–Trinajstić information content (AvgIpc) is 2.99. The smallest absolute Gasteiger partial charge is 0.308 e. The van der Waals surface area contributed by atoms with Gasteiger partial charge < -0.3 is 14.4 Å². The third-order valence-electron chi connectivity index (χ3n) is 5.25. The molecule has 0 unspecified atom stereocenters. The van der Waals surface area contributed by atoms with E-state index in [2.05, 4.69) is 66.2 Å². The predicted octanol–water partition coefficient (Wildman–Crippen LogP) is 4.07. The second kappa shape index (κ2) is 6.96. The molecule has 1 aliphatic rings. The number of hydrogen-bond donors (Lipinski definition) is 1. The first-order valence-corrected chi connectivity index (χ1v) is 9.13. The zero-order valence-corrected chi connectivity index (χ0v) is 14.9. The molecule has 3 aromatic rings. The van der Waals surface area contributed by atoms with Crippen molar-refractivity contribution in [3.05, 3.63) is 60.4 Å². The van der Waals surface area contributed by atoms with Crippen molar-refractivity contribution in [2.75, 3.05) is 0 Å². The number of ether oxygens (including phenoxy) is 1. The number of fused-ring (bicyclic) bond motifs is 1. The Labute approximate surface area is 153 Å². The summed E-state index contributed by atoms with van der Waals surface area (Å²) >= 11 is 0. The molecule has 1 aliphatic heterocycles. The van der Waals surface area contributed by atoms with Gasteiger partial charge in [-0.25, -0.2) is 0 Å². The van der Waals surface area contributed by atoms with E-state index >= 15 is 0 Å². The van der Waals surface area contributed by atoms with Crippen LogP contribution in [0, 0.1) is 6.92 Å². The molecule has 1 fully saturated rings. The standard InChI is InChI=1S/C22H23NO3/c1-15-19(21-8-4-6-16-5-2-3-7-20(16)21)10-12-23(15)11-9-18-13-17(24)14-22(25)26-18/h2-8,10,12,17-18,24H,9,11,13-14H2,1H3/t17-,18-/m0/s1. The summed E-state index contributed by atoms with van der Waals surface area (Å²) in [5, 5.41) is 12.2. The Morgan fingerprint density at radius 2 is 1.92 bits per heavy atom. The zero-order chi connectivity index (χ0) is 18.1. The molecule has 0 amide bonds. The van der Waals surface area contributed by atoms with Gasteiger partial charge in [0.1, 0.15) is 6.10 Å². The maximum Gasteiger partial charge on any atom is 0.308 e. The Balaban J connectivity index is 1.56. The van der Waals surface area contributed by atoms with Crippen LogP contribution >= 0.6 is 0 Å². The molecule has 0 bridgehead atoms. The van der Waals surface area contributed by atoms with Gasteiger partial charge in [0.15, 0.2) is 0 Å². The SMILES string of the molecule is Cc1c(-c2cccc3ccccc23)ccn1CC[C@H]1C[C@H](O)CC(=O)O1. The van der Waals surface area contributed by atoms with Crippen LogP contribution in [0.25, 0.3) is 21.9 Å². The fraction of sp³-hybridized carbons (Fsp3) is 0.318. The van der Waals surface area contributed by atoms with Crippen molar-refractivity contribution in [3.63, 3.8) is 0 Å². The minimum atomic E-state index is -0.571. The number of hydrogen-bond acceptors (Lipinski definition) is 3. The van der Waals surface area contributed by atoms with Gasteiger partial charge in [0.2, 0.25) is 0 Å². The van der Waals surface area contributed by atoms with E-state index in [1.807, 2.05) is 0 Å². The number of cyclic esters (lactones) is 1. The minimum Gasteiger partial charge on any atom is -0.462 e. The lowest BCUT2D eigenvalue weighted by Gasteiger charge is -2.26. The van der Waals surface area contributed by atoms with Crippen LogP contribution in [0.5, 0.6) is 0 Å². The van der Waals surface area contributed by atoms with Gasteiger partial charge in [0.05, 0.1) is 12.5 Å². The third kappa shape index (κ3) is 3.25. The van der Waals surface area contributed by atoms with Gasteiger partial charge in [-0.1, -0.05) is 42.5 Å². The van der Waals surface area contributed by atoms with E-state index in [-0.39, 0.29) is 18.5 Å². The normalized spacial score (nSPS) is 20.3. The predicted molar refractivity (Wildman–Crippen MR) is 102 cm³/mol. The number of aromatic nitrogens is 1. The van der Waals surface area contributed by atoms with E-state index in [0.717, 1.165) is 6.54 Å². The average molecular weight is 349 g/mol. The summed E-state index contributed by atoms with van der Waals surface area (Å²) in [5.41, 5.74) is 3.66. The summed E-state index contributed by atoms with van der Waals surface area (Å²) in [7, 11) is 0. The first-order chi connectivity index (χ1) is 12.6. The van der Waals surface area contributed by atoms with Gasteiger partial charge >= 0.3 is 5.97 Å². The number of esters is 1. The molecule has 2 heterocycles. The summed E-state index contributed by atoms with van der Waals surface area (Å²) in [6.07, 6.45) is 2.68. The lowest BCUT2D eigenvalue weighted by atomic mass is 9.99. The van der Waals surface area contributed by atoms with Crippen molar-refractivity contribution in [3.8, 4) is 11.1 Å². The molecule has 0 spiro atoms. The molecule has 1 saturated heterocycles. The molecule has 1 N–H and O–H groups in total. The number of carbonyl (C=O) groups is 1. The number of benzene rings is 2. The molecule has 0 aliphatic carbocycles. The highest BCUT2D eigenvalue weighted by Crippen LogP contribution is 2.31. The van der Waals surface area contributed by atoms with Crippen LogP contribution in [0.15, 0.2) is 54.7 Å². The summed E-state index contributed by atoms with van der Waals surface area (Å²) in [6, 6.07) is 17.0. The fourth-order valence-corrected chi connectivity index (χ4v) is 3.86. The maximum atomic E-state index is 11.5. The molecule has 1 aromatic heterocycles. The number of rotatable bonds is 4. The van der Waals surface area contributed by atoms with Crippen LogP contribution in [0.4, 0.5) is 0 Å². The van der Waals surface area contributed by atoms with E-state index in [9.17, 15) is 9.90 Å². The van der Waals surface area contributed by atoms with Crippen molar-refractivity contribution in [2.45, 2.75) is 44.9 Å². The van der Waals surface area contributed by atoms with Crippen LogP contribution < -0.4 is 0 Å². The molecule has 2 aromatic carbocycles. The first-order valence-electron chi connectivity index (χ1n) is 9.13. The Morgan fingerprint density at radius 3 is 2.77 bits per heavy atom. The van der Waals surface area contributed by atoms with E-state index in [1.54, 1.807) is 0 Å². The van der Waals surface area contributed by atoms with Gasteiger partial charge in [-0.05, 0) is 29.3 Å². The first kappa shape index (κ1) is 16.9. The molecule has 0 radical (unpaired) electrons. The number of aliphatic hydroxyl groups is 1. The summed E-state index contributed by atoms with van der Waals surface area (Å²) in [6.45, 7) is 2.89. The fourth-order valence-electron chi connectivity index (χ4n) is 3.86. The van der Waals surface area contributed by atoms with Crippen molar-refractivity contribution < 1.29 is 14.6 Å². The lowest BCUT2D eigenvalue weighted by molar-refractivity contribution is -0.160. The Kier molecular flexibility index (Phi) is 4.51. The molecule has 4 rings (SSSR count). The van der Waals surface area contributed by atoms with Gasteiger partial charge in [-0.15, -0.1) is 0 Å². The summed E-state index contributed by atoms with van der Waals surface area (Å²) in [4.78, 5) is 11.5. The van der Waals surface area contributed by atoms with Gasteiger partial charge in [0.25, 0.3) is 0 Å². The van der Waals surface area contributed by atoms with Crippen LogP contribution in [-0.4, -0.2) is 27.9 Å². The molecule has 4 heteroatoms. The highest BCUT2D eigenvalue weighted by molar-refractivity contribution is 5.97. The molecule has 2 atom stereocenters. The minimum absolute atomic E-state index is 0.115. The van der Waals surface area contributed by atoms with Crippen LogP contribution in [0.1, 0.15) is 25.0 Å². The molecule has 4 nitrogen and oxygen atoms in total. The lowest BCUT2D eigenvalue weighted by Crippen LogP contribution is -2.33. The Hall–Kier alpha value is -2.59. The topological polar surface area (TPSA) is 51.5 Å². The van der Waals surface area contributed by atoms with Gasteiger partial charge in [-0.2, -0.15) is 0 Å². The second-order valence-electron chi connectivity index (χ2n) is 7.03. The second-order valence-corrected chi connectivity index (χ2v) is 7.03. The monoisotopic (exact) mass is 349 g/mol. The van der Waals surface area contributed by atoms with Gasteiger partial charge in [0, 0.05) is 36.8 Å². The molecular weight excluding hydrogens is 326 g/mol. The van der Waals surface area contributed by atoms with Crippen molar-refractivity contribution in [1.29, 1.82) is 0 Å². The summed E-state index contributed by atoms with van der Waals surface area (Å²) in [5.74, 6) is -0.297. The highest BCUT2D eigenvalue weighted by Gasteiger charge is 2.27. The Bertz CT molecular complexity index is 938. The van der Waals surface area contributed by atoms with E-state index < -0.39 is 6.10 Å². The number of carbonyl (C=O) groups excluding carboxylic acids is 1. The number of aryl methyl sites for hydroxylation is 1. The number of nitrogens with zero attached hydrogens (tertiary/aromatic N) is 1. The number of aliphatic hydroxyl groups excluding tert-OH is 1.